The molecule has 3 aliphatic heterocycles. The lowest BCUT2D eigenvalue weighted by Crippen LogP contribution is -2.63. The molecule has 2 saturated heterocycles. The quantitative estimate of drug-likeness (QED) is 0.514. The Balaban J connectivity index is 1.74. The van der Waals surface area contributed by atoms with E-state index in [2.05, 4.69) is 5.32 Å². The van der Waals surface area contributed by atoms with E-state index in [4.69, 9.17) is 30.5 Å². The molecule has 1 unspecified atom stereocenters. The van der Waals surface area contributed by atoms with E-state index in [1.165, 1.54) is 7.11 Å². The van der Waals surface area contributed by atoms with E-state index in [0.29, 0.717) is 22.9 Å². The third kappa shape index (κ3) is 5.82. The van der Waals surface area contributed by atoms with Crippen molar-refractivity contribution in [2.45, 2.75) is 76.6 Å². The van der Waals surface area contributed by atoms with Crippen LogP contribution in [0.5, 0.6) is 5.75 Å². The van der Waals surface area contributed by atoms with Gasteiger partial charge < -0.3 is 29.0 Å². The SMILES string of the molecule is COc1cc2cc(c1Cl)N(C)C(=O)CC(C)[C@]1(C)O[C@H]1[C@H](C)[C@@H]1C[C@@](O)(NC(=O)O1)[C@H](OC)/C=C/C=C(\C)C2. The third-order valence-corrected chi connectivity index (χ3v) is 8.79. The van der Waals surface area contributed by atoms with Crippen molar-refractivity contribution >= 4 is 29.3 Å². The van der Waals surface area contributed by atoms with E-state index in [1.54, 1.807) is 31.2 Å². The van der Waals surface area contributed by atoms with Gasteiger partial charge in [0.2, 0.25) is 5.91 Å². The van der Waals surface area contributed by atoms with Gasteiger partial charge in [0.25, 0.3) is 0 Å². The van der Waals surface area contributed by atoms with E-state index in [0.717, 1.165) is 11.1 Å². The number of alkyl carbamates (subject to hydrolysis) is 1. The molecule has 0 spiro atoms. The fourth-order valence-electron chi connectivity index (χ4n) is 5.69. The van der Waals surface area contributed by atoms with Crippen molar-refractivity contribution in [1.82, 2.24) is 5.32 Å². The molecule has 3 heterocycles. The summed E-state index contributed by atoms with van der Waals surface area (Å²) in [4.78, 5) is 27.5. The summed E-state index contributed by atoms with van der Waals surface area (Å²) in [6.07, 6.45) is 3.92. The molecular weight excluding hydrogens is 524 g/mol. The second-order valence-electron chi connectivity index (χ2n) is 11.2. The number of amides is 2. The van der Waals surface area contributed by atoms with Crippen LogP contribution in [0.15, 0.2) is 35.9 Å². The molecule has 0 saturated carbocycles. The van der Waals surface area contributed by atoms with Crippen molar-refractivity contribution in [2.24, 2.45) is 11.8 Å². The Labute approximate surface area is 235 Å². The number of fused-ring (bicyclic) bond motifs is 5. The van der Waals surface area contributed by atoms with Gasteiger partial charge in [-0.05, 0) is 43.9 Å². The molecule has 0 radical (unpaired) electrons. The van der Waals surface area contributed by atoms with Gasteiger partial charge in [-0.2, -0.15) is 0 Å². The highest BCUT2D eigenvalue weighted by molar-refractivity contribution is 6.35. The maximum absolute atomic E-state index is 13.4. The average molecular weight is 563 g/mol. The maximum atomic E-state index is 13.4. The lowest BCUT2D eigenvalue weighted by atomic mass is 9.81. The van der Waals surface area contributed by atoms with E-state index in [-0.39, 0.29) is 36.7 Å². The van der Waals surface area contributed by atoms with Gasteiger partial charge in [0, 0.05) is 32.9 Å². The first-order chi connectivity index (χ1) is 18.3. The zero-order chi connectivity index (χ0) is 28.7. The van der Waals surface area contributed by atoms with Crippen molar-refractivity contribution < 1.29 is 33.6 Å². The number of halogens is 1. The molecule has 2 amide bonds. The van der Waals surface area contributed by atoms with E-state index >= 15 is 0 Å². The molecule has 2 fully saturated rings. The molecule has 0 aromatic heterocycles. The Bertz CT molecular complexity index is 1190. The van der Waals surface area contributed by atoms with Crippen molar-refractivity contribution in [3.05, 3.63) is 46.5 Å². The molecule has 7 atom stereocenters. The van der Waals surface area contributed by atoms with Crippen molar-refractivity contribution in [2.75, 3.05) is 26.2 Å². The lowest BCUT2D eigenvalue weighted by molar-refractivity contribution is -0.142. The fourth-order valence-corrected chi connectivity index (χ4v) is 6.00. The highest BCUT2D eigenvalue weighted by Crippen LogP contribution is 2.50. The minimum Gasteiger partial charge on any atom is -0.495 e. The minimum atomic E-state index is -1.67. The van der Waals surface area contributed by atoms with Gasteiger partial charge in [-0.3, -0.25) is 10.1 Å². The maximum Gasteiger partial charge on any atom is 0.409 e. The molecular formula is C29H39ClN2O7. The highest BCUT2D eigenvalue weighted by atomic mass is 35.5. The summed E-state index contributed by atoms with van der Waals surface area (Å²) >= 11 is 6.64. The number of nitrogens with zero attached hydrogens (tertiary/aromatic N) is 1. The summed E-state index contributed by atoms with van der Waals surface area (Å²) in [6, 6.07) is 3.76. The molecule has 0 aliphatic carbocycles. The van der Waals surface area contributed by atoms with Gasteiger partial charge in [0.1, 0.15) is 23.0 Å². The molecule has 4 rings (SSSR count). The number of methoxy groups -OCH3 is 2. The van der Waals surface area contributed by atoms with Crippen LogP contribution in [0.1, 0.15) is 46.1 Å². The van der Waals surface area contributed by atoms with Crippen LogP contribution >= 0.6 is 11.6 Å². The number of carbonyl (C=O) groups excluding carboxylic acids is 2. The van der Waals surface area contributed by atoms with Crippen LogP contribution in [0.25, 0.3) is 0 Å². The number of rotatable bonds is 2. The molecule has 9 nitrogen and oxygen atoms in total. The predicted octanol–water partition coefficient (Wildman–Crippen LogP) is 4.39. The summed E-state index contributed by atoms with van der Waals surface area (Å²) in [5, 5.41) is 14.4. The average Bonchev–Trinajstić information content (AvgIpc) is 3.58. The number of nitrogens with one attached hydrogen (secondary N) is 1. The van der Waals surface area contributed by atoms with Crippen LogP contribution in [0.4, 0.5) is 10.5 Å². The number of ether oxygens (including phenoxy) is 4. The van der Waals surface area contributed by atoms with E-state index in [9.17, 15) is 14.7 Å². The Kier molecular flexibility index (Phi) is 8.38. The zero-order valence-electron chi connectivity index (χ0n) is 23.6. The highest BCUT2D eigenvalue weighted by Gasteiger charge is 2.61. The van der Waals surface area contributed by atoms with Gasteiger partial charge in [0.15, 0.2) is 5.72 Å². The second kappa shape index (κ2) is 11.1. The molecule has 39 heavy (non-hydrogen) atoms. The standard InChI is InChI=1S/C29H39ClN2O7/c1-16-9-8-10-23(37-7)29(35)15-22(38-27(34)31-29)18(3)26-28(4,39-26)17(2)12-24(33)32(5)20-13-19(11-16)14-21(36-6)25(20)30/h8-10,13-14,17-18,22-23,26,35H,11-12,15H2,1-7H3,(H,31,34)/b10-8+,16-9+/t17?,18-,22+,23-,26+,28+,29+/m1/s1. The van der Waals surface area contributed by atoms with Crippen LogP contribution < -0.4 is 15.0 Å². The molecule has 2 N–H and O–H groups in total. The molecule has 4 bridgehead atoms. The Morgan fingerprint density at radius 1 is 1.23 bits per heavy atom. The van der Waals surface area contributed by atoms with Crippen LogP contribution in [-0.2, 0) is 25.4 Å². The Hall–Kier alpha value is -2.59. The number of epoxide rings is 1. The van der Waals surface area contributed by atoms with Gasteiger partial charge >= 0.3 is 6.09 Å². The van der Waals surface area contributed by atoms with Gasteiger partial charge in [-0.25, -0.2) is 4.79 Å². The first-order valence-electron chi connectivity index (χ1n) is 13.2. The normalized spacial score (nSPS) is 37.6. The summed E-state index contributed by atoms with van der Waals surface area (Å²) in [5.41, 5.74) is 0.241. The number of allylic oxidation sites excluding steroid dienone is 3. The first kappa shape index (κ1) is 29.4. The number of benzene rings is 1. The molecule has 10 heteroatoms. The predicted molar refractivity (Wildman–Crippen MR) is 148 cm³/mol. The van der Waals surface area contributed by atoms with Gasteiger partial charge in [-0.15, -0.1) is 0 Å². The molecule has 1 aromatic carbocycles. The van der Waals surface area contributed by atoms with Crippen LogP contribution in [0.3, 0.4) is 0 Å². The zero-order valence-corrected chi connectivity index (χ0v) is 24.4. The fraction of sp³-hybridized carbons (Fsp3) is 0.586. The molecule has 3 aliphatic rings. The topological polar surface area (TPSA) is 110 Å². The minimum absolute atomic E-state index is 0.106. The van der Waals surface area contributed by atoms with Gasteiger partial charge in [-0.1, -0.05) is 49.2 Å². The monoisotopic (exact) mass is 562 g/mol. The van der Waals surface area contributed by atoms with Crippen LogP contribution in [-0.4, -0.2) is 68.0 Å². The summed E-state index contributed by atoms with van der Waals surface area (Å²) in [6.45, 7) is 7.85. The Morgan fingerprint density at radius 2 is 1.95 bits per heavy atom. The van der Waals surface area contributed by atoms with Gasteiger partial charge in [0.05, 0.1) is 24.5 Å². The summed E-state index contributed by atoms with van der Waals surface area (Å²) in [5.74, 6) is 0.0125. The van der Waals surface area contributed by atoms with Crippen LogP contribution in [0, 0.1) is 11.8 Å². The van der Waals surface area contributed by atoms with Crippen LogP contribution in [0.2, 0.25) is 5.02 Å². The second-order valence-corrected chi connectivity index (χ2v) is 11.6. The van der Waals surface area contributed by atoms with E-state index < -0.39 is 29.6 Å². The number of aliphatic hydroxyl groups is 1. The van der Waals surface area contributed by atoms with E-state index in [1.807, 2.05) is 45.9 Å². The molecule has 214 valence electrons. The first-order valence-corrected chi connectivity index (χ1v) is 13.6. The lowest BCUT2D eigenvalue weighted by Gasteiger charge is -2.42. The third-order valence-electron chi connectivity index (χ3n) is 8.41. The number of hydrogen-bond acceptors (Lipinski definition) is 7. The largest absolute Gasteiger partial charge is 0.495 e. The van der Waals surface area contributed by atoms with Crippen molar-refractivity contribution in [3.63, 3.8) is 0 Å². The number of anilines is 1. The number of carbonyl (C=O) groups is 2. The molecule has 1 aromatic rings. The van der Waals surface area contributed by atoms with Crippen molar-refractivity contribution in [3.8, 4) is 5.75 Å². The number of hydrogen-bond donors (Lipinski definition) is 2. The summed E-state index contributed by atoms with van der Waals surface area (Å²) in [7, 11) is 4.74. The summed E-state index contributed by atoms with van der Waals surface area (Å²) < 4.78 is 22.9. The van der Waals surface area contributed by atoms with Crippen molar-refractivity contribution in [1.29, 1.82) is 0 Å². The smallest absolute Gasteiger partial charge is 0.409 e. The Morgan fingerprint density at radius 3 is 2.62 bits per heavy atom.